The van der Waals surface area contributed by atoms with E-state index in [0.717, 1.165) is 16.7 Å². The number of benzene rings is 1. The molecule has 1 N–H and O–H groups in total. The fraction of sp³-hybridized carbons (Fsp3) is 0.267. The second-order valence-electron chi connectivity index (χ2n) is 4.30. The smallest absolute Gasteiger partial charge is 0.127 e. The third-order valence-corrected chi connectivity index (χ3v) is 3.40. The fourth-order valence-corrected chi connectivity index (χ4v) is 2.27. The van der Waals surface area contributed by atoms with Crippen molar-refractivity contribution >= 4 is 15.9 Å². The first-order chi connectivity index (χ1) is 9.20. The Labute approximate surface area is 121 Å². The Kier molecular flexibility index (Phi) is 5.05. The lowest BCUT2D eigenvalue weighted by atomic mass is 10.0. The molecule has 0 bridgehead atoms. The van der Waals surface area contributed by atoms with E-state index in [0.29, 0.717) is 12.0 Å². The van der Waals surface area contributed by atoms with Crippen molar-refractivity contribution in [1.29, 1.82) is 0 Å². The number of nitrogens with one attached hydrogen (secondary N) is 1. The molecule has 0 aliphatic heterocycles. The molecule has 2 rings (SSSR count). The van der Waals surface area contributed by atoms with Gasteiger partial charge in [-0.15, -0.1) is 0 Å². The Morgan fingerprint density at radius 2 is 2.05 bits per heavy atom. The van der Waals surface area contributed by atoms with Crippen molar-refractivity contribution in [2.45, 2.75) is 19.4 Å². The average Bonchev–Trinajstić information content (AvgIpc) is 2.41. The number of hydrogen-bond donors (Lipinski definition) is 1. The largest absolute Gasteiger partial charge is 0.310 e. The number of halogens is 2. The Morgan fingerprint density at radius 3 is 2.68 bits per heavy atom. The monoisotopic (exact) mass is 322 g/mol. The highest BCUT2D eigenvalue weighted by atomic mass is 79.9. The lowest BCUT2D eigenvalue weighted by Crippen LogP contribution is -2.24. The van der Waals surface area contributed by atoms with Crippen molar-refractivity contribution in [3.05, 3.63) is 64.1 Å². The quantitative estimate of drug-likeness (QED) is 0.903. The van der Waals surface area contributed by atoms with Gasteiger partial charge < -0.3 is 5.32 Å². The summed E-state index contributed by atoms with van der Waals surface area (Å²) in [4.78, 5) is 4.35. The van der Waals surface area contributed by atoms with Gasteiger partial charge in [0.1, 0.15) is 5.82 Å². The second-order valence-corrected chi connectivity index (χ2v) is 5.22. The molecule has 0 aliphatic rings. The number of likely N-dealkylation sites (N-methyl/N-ethyl adjacent to an activating group) is 1. The van der Waals surface area contributed by atoms with Gasteiger partial charge in [-0.05, 0) is 40.7 Å². The highest BCUT2D eigenvalue weighted by molar-refractivity contribution is 9.10. The minimum atomic E-state index is -0.175. The molecule has 0 saturated carbocycles. The third kappa shape index (κ3) is 3.85. The van der Waals surface area contributed by atoms with Crippen LogP contribution in [0.1, 0.15) is 24.2 Å². The molecule has 2 aromatic rings. The Morgan fingerprint density at radius 1 is 1.26 bits per heavy atom. The molecule has 0 fully saturated rings. The minimum Gasteiger partial charge on any atom is -0.310 e. The fourth-order valence-electron chi connectivity index (χ4n) is 2.03. The molecule has 4 heteroatoms. The van der Waals surface area contributed by atoms with Gasteiger partial charge in [0.2, 0.25) is 0 Å². The summed E-state index contributed by atoms with van der Waals surface area (Å²) in [6.45, 7) is 2.80. The summed E-state index contributed by atoms with van der Waals surface area (Å²) in [5, 5.41) is 3.31. The molecular formula is C15H16BrFN2. The van der Waals surface area contributed by atoms with Crippen LogP contribution in [0, 0.1) is 5.82 Å². The standard InChI is InChI=1S/C15H16BrFN2/c1-2-18-15(13-5-3-4-6-14(13)17)9-12-8-7-11(16)10-19-12/h3-8,10,15,18H,2,9H2,1H3. The van der Waals surface area contributed by atoms with Crippen molar-refractivity contribution in [1.82, 2.24) is 10.3 Å². The van der Waals surface area contributed by atoms with Gasteiger partial charge in [-0.1, -0.05) is 25.1 Å². The van der Waals surface area contributed by atoms with Crippen LogP contribution in [0.3, 0.4) is 0 Å². The van der Waals surface area contributed by atoms with Crippen LogP contribution in [0.15, 0.2) is 47.1 Å². The van der Waals surface area contributed by atoms with Crippen LogP contribution in [0.2, 0.25) is 0 Å². The molecule has 1 heterocycles. The minimum absolute atomic E-state index is 0.0557. The predicted octanol–water partition coefficient (Wildman–Crippen LogP) is 3.88. The van der Waals surface area contributed by atoms with E-state index in [-0.39, 0.29) is 11.9 Å². The van der Waals surface area contributed by atoms with Gasteiger partial charge in [0.05, 0.1) is 0 Å². The lowest BCUT2D eigenvalue weighted by Gasteiger charge is -2.18. The first-order valence-electron chi connectivity index (χ1n) is 6.29. The summed E-state index contributed by atoms with van der Waals surface area (Å²) in [7, 11) is 0. The van der Waals surface area contributed by atoms with E-state index >= 15 is 0 Å². The average molecular weight is 323 g/mol. The number of rotatable bonds is 5. The summed E-state index contributed by atoms with van der Waals surface area (Å²) in [5.41, 5.74) is 1.63. The van der Waals surface area contributed by atoms with Crippen LogP contribution < -0.4 is 5.32 Å². The third-order valence-electron chi connectivity index (χ3n) is 2.93. The topological polar surface area (TPSA) is 24.9 Å². The lowest BCUT2D eigenvalue weighted by molar-refractivity contribution is 0.506. The zero-order valence-electron chi connectivity index (χ0n) is 10.7. The van der Waals surface area contributed by atoms with Crippen LogP contribution in [-0.2, 0) is 6.42 Å². The Balaban J connectivity index is 2.21. The van der Waals surface area contributed by atoms with Gasteiger partial charge in [-0.3, -0.25) is 4.98 Å². The number of nitrogens with zero attached hydrogens (tertiary/aromatic N) is 1. The van der Waals surface area contributed by atoms with E-state index in [2.05, 4.69) is 26.2 Å². The van der Waals surface area contributed by atoms with Crippen molar-refractivity contribution in [2.75, 3.05) is 6.54 Å². The first-order valence-corrected chi connectivity index (χ1v) is 7.08. The zero-order valence-corrected chi connectivity index (χ0v) is 12.3. The van der Waals surface area contributed by atoms with Gasteiger partial charge in [0, 0.05) is 34.4 Å². The highest BCUT2D eigenvalue weighted by Crippen LogP contribution is 2.21. The molecule has 2 nitrogen and oxygen atoms in total. The van der Waals surface area contributed by atoms with Gasteiger partial charge >= 0.3 is 0 Å². The summed E-state index contributed by atoms with van der Waals surface area (Å²) in [6.07, 6.45) is 2.43. The first kappa shape index (κ1) is 14.2. The Hall–Kier alpha value is -1.26. The summed E-state index contributed by atoms with van der Waals surface area (Å²) >= 11 is 3.36. The maximum absolute atomic E-state index is 13.9. The summed E-state index contributed by atoms with van der Waals surface area (Å²) in [6, 6.07) is 10.7. The molecule has 1 unspecified atom stereocenters. The van der Waals surface area contributed by atoms with Crippen molar-refractivity contribution in [3.8, 4) is 0 Å². The molecule has 0 amide bonds. The SMILES string of the molecule is CCNC(Cc1ccc(Br)cn1)c1ccccc1F. The molecule has 1 aromatic carbocycles. The summed E-state index contributed by atoms with van der Waals surface area (Å²) < 4.78 is 14.8. The molecular weight excluding hydrogens is 307 g/mol. The zero-order chi connectivity index (χ0) is 13.7. The van der Waals surface area contributed by atoms with Gasteiger partial charge in [-0.25, -0.2) is 4.39 Å². The summed E-state index contributed by atoms with van der Waals surface area (Å²) in [5.74, 6) is -0.175. The maximum atomic E-state index is 13.9. The van der Waals surface area contributed by atoms with E-state index in [1.54, 1.807) is 12.3 Å². The molecule has 1 atom stereocenters. The van der Waals surface area contributed by atoms with Crippen molar-refractivity contribution in [2.24, 2.45) is 0 Å². The molecule has 1 aromatic heterocycles. The number of hydrogen-bond acceptors (Lipinski definition) is 2. The van der Waals surface area contributed by atoms with Gasteiger partial charge in [0.15, 0.2) is 0 Å². The van der Waals surface area contributed by atoms with Crippen LogP contribution in [0.5, 0.6) is 0 Å². The molecule has 19 heavy (non-hydrogen) atoms. The van der Waals surface area contributed by atoms with Gasteiger partial charge in [-0.2, -0.15) is 0 Å². The number of pyridine rings is 1. The van der Waals surface area contributed by atoms with Crippen LogP contribution in [-0.4, -0.2) is 11.5 Å². The molecule has 0 aliphatic carbocycles. The maximum Gasteiger partial charge on any atom is 0.127 e. The van der Waals surface area contributed by atoms with E-state index in [9.17, 15) is 4.39 Å². The predicted molar refractivity (Wildman–Crippen MR) is 78.5 cm³/mol. The Bertz CT molecular complexity index is 528. The molecule has 0 radical (unpaired) electrons. The number of aromatic nitrogens is 1. The highest BCUT2D eigenvalue weighted by Gasteiger charge is 2.15. The molecule has 100 valence electrons. The van der Waals surface area contributed by atoms with E-state index in [1.807, 2.05) is 31.2 Å². The van der Waals surface area contributed by atoms with E-state index in [1.165, 1.54) is 6.07 Å². The van der Waals surface area contributed by atoms with Crippen LogP contribution >= 0.6 is 15.9 Å². The van der Waals surface area contributed by atoms with Gasteiger partial charge in [0.25, 0.3) is 0 Å². The van der Waals surface area contributed by atoms with E-state index in [4.69, 9.17) is 0 Å². The molecule has 0 saturated heterocycles. The van der Waals surface area contributed by atoms with Crippen molar-refractivity contribution in [3.63, 3.8) is 0 Å². The van der Waals surface area contributed by atoms with E-state index < -0.39 is 0 Å². The molecule has 0 spiro atoms. The second kappa shape index (κ2) is 6.78. The van der Waals surface area contributed by atoms with Crippen molar-refractivity contribution < 1.29 is 4.39 Å². The van der Waals surface area contributed by atoms with Crippen LogP contribution in [0.25, 0.3) is 0 Å². The normalized spacial score (nSPS) is 12.4. The van der Waals surface area contributed by atoms with Crippen LogP contribution in [0.4, 0.5) is 4.39 Å².